The van der Waals surface area contributed by atoms with E-state index in [1.807, 2.05) is 59.5 Å². The number of ether oxygens (including phenoxy) is 2. The van der Waals surface area contributed by atoms with Crippen LogP contribution in [-0.2, 0) is 27.2 Å². The van der Waals surface area contributed by atoms with Gasteiger partial charge in [0, 0.05) is 38.1 Å². The minimum absolute atomic E-state index is 0.0203. The Morgan fingerprint density at radius 3 is 2.56 bits per heavy atom. The number of aryl methyl sites for hydroxylation is 1. The van der Waals surface area contributed by atoms with Crippen molar-refractivity contribution in [2.75, 3.05) is 19.7 Å². The van der Waals surface area contributed by atoms with Crippen molar-refractivity contribution < 1.29 is 23.9 Å². The van der Waals surface area contributed by atoms with Crippen LogP contribution in [0, 0.1) is 0 Å². The number of benzene rings is 3. The number of carbonyl (C=O) groups is 3. The van der Waals surface area contributed by atoms with Crippen molar-refractivity contribution in [2.45, 2.75) is 57.4 Å². The van der Waals surface area contributed by atoms with Crippen molar-refractivity contribution in [3.05, 3.63) is 89.0 Å². The zero-order chi connectivity index (χ0) is 29.6. The van der Waals surface area contributed by atoms with Crippen LogP contribution >= 0.6 is 0 Å². The topological polar surface area (TPSA) is 109 Å². The Kier molecular flexibility index (Phi) is 8.67. The molecule has 3 aromatic carbocycles. The van der Waals surface area contributed by atoms with Crippen molar-refractivity contribution in [1.82, 2.24) is 15.6 Å². The van der Waals surface area contributed by atoms with Crippen LogP contribution in [0.25, 0.3) is 0 Å². The predicted molar refractivity (Wildman–Crippen MR) is 162 cm³/mol. The first-order chi connectivity index (χ1) is 21.0. The molecule has 5 heterocycles. The Hall–Kier alpha value is -4.66. The average Bonchev–Trinajstić information content (AvgIpc) is 3.03. The Balaban J connectivity index is 1.29. The summed E-state index contributed by atoms with van der Waals surface area (Å²) in [5.41, 5.74) is 7.63. The lowest BCUT2D eigenvalue weighted by Crippen LogP contribution is -2.40. The van der Waals surface area contributed by atoms with E-state index in [-0.39, 0.29) is 23.8 Å². The maximum Gasteiger partial charge on any atom is 0.240 e. The van der Waals surface area contributed by atoms with Gasteiger partial charge >= 0.3 is 0 Å². The molecule has 0 saturated carbocycles. The molecule has 0 aromatic heterocycles. The van der Waals surface area contributed by atoms with Gasteiger partial charge in [0.1, 0.15) is 17.2 Å². The molecule has 43 heavy (non-hydrogen) atoms. The first kappa shape index (κ1) is 28.5. The number of nitrogens with zero attached hydrogens (tertiary/aromatic N) is 2. The highest BCUT2D eigenvalue weighted by Crippen LogP contribution is 2.39. The van der Waals surface area contributed by atoms with Crippen LogP contribution in [0.1, 0.15) is 66.8 Å². The molecule has 2 N–H and O–H groups in total. The van der Waals surface area contributed by atoms with Gasteiger partial charge in [-0.2, -0.15) is 5.10 Å². The highest BCUT2D eigenvalue weighted by atomic mass is 16.5. The summed E-state index contributed by atoms with van der Waals surface area (Å²) >= 11 is 0. The van der Waals surface area contributed by atoms with Crippen LogP contribution in [0.15, 0.2) is 71.8 Å². The summed E-state index contributed by atoms with van der Waals surface area (Å²) in [6.45, 7) is 1.58. The second kappa shape index (κ2) is 13.1. The molecule has 0 saturated heterocycles. The van der Waals surface area contributed by atoms with Crippen molar-refractivity contribution in [2.24, 2.45) is 5.10 Å². The van der Waals surface area contributed by atoms with Gasteiger partial charge in [0.25, 0.3) is 0 Å². The molecule has 3 aromatic rings. The Morgan fingerprint density at radius 1 is 0.884 bits per heavy atom. The molecule has 5 aliphatic heterocycles. The molecular formula is C34H36N4O5. The third kappa shape index (κ3) is 7.05. The molecule has 9 heteroatoms. The zero-order valence-corrected chi connectivity index (χ0v) is 24.1. The molecule has 0 radical (unpaired) electrons. The number of hydrazone groups is 1. The number of hydrogen-bond donors (Lipinski definition) is 2. The first-order valence-electron chi connectivity index (χ1n) is 15.0. The number of carbonyl (C=O) groups excluding carboxylic acids is 3. The zero-order valence-electron chi connectivity index (χ0n) is 24.1. The SMILES string of the molecule is O=C1CCc2ccc(cc2)Oc2ccc3c(c2)CCN(C(=O)CCC2=NNC(=O)CC2)C3c2cccc(c2)OCCCN1. The largest absolute Gasteiger partial charge is 0.494 e. The smallest absolute Gasteiger partial charge is 0.240 e. The average molecular weight is 581 g/mol. The van der Waals surface area contributed by atoms with Gasteiger partial charge in [-0.3, -0.25) is 14.4 Å². The van der Waals surface area contributed by atoms with Crippen molar-refractivity contribution in [3.8, 4) is 17.2 Å². The van der Waals surface area contributed by atoms with E-state index >= 15 is 0 Å². The lowest BCUT2D eigenvalue weighted by molar-refractivity contribution is -0.133. The number of rotatable bonds is 3. The third-order valence-electron chi connectivity index (χ3n) is 8.16. The van der Waals surface area contributed by atoms with Crippen LogP contribution < -0.4 is 20.2 Å². The maximum atomic E-state index is 13.7. The normalized spacial score (nSPS) is 18.8. The number of nitrogens with one attached hydrogen (secondary N) is 2. The summed E-state index contributed by atoms with van der Waals surface area (Å²) in [7, 11) is 0. The molecule has 9 nitrogen and oxygen atoms in total. The maximum absolute atomic E-state index is 13.7. The standard InChI is InChI=1S/C34H36N4O5/c39-31-14-7-23-5-10-27(11-6-23)43-29-12-13-30-24(21-29)17-19-38(33(41)16-9-26-8-15-32(40)37-36-26)34(30)25-3-1-4-28(22-25)42-20-2-18-35-31/h1,3-6,10-13,21-22,34H,2,7-9,14-20H2,(H,35,39)(H,37,40). The first-order valence-corrected chi connectivity index (χ1v) is 15.0. The molecule has 1 atom stereocenters. The van der Waals surface area contributed by atoms with E-state index in [2.05, 4.69) is 28.0 Å². The molecule has 3 amide bonds. The minimum Gasteiger partial charge on any atom is -0.494 e. The van der Waals surface area contributed by atoms with E-state index in [0.717, 1.165) is 45.2 Å². The molecule has 0 aliphatic carbocycles. The van der Waals surface area contributed by atoms with Crippen molar-refractivity contribution in [1.29, 1.82) is 0 Å². The highest BCUT2D eigenvalue weighted by molar-refractivity contribution is 5.94. The summed E-state index contributed by atoms with van der Waals surface area (Å²) < 4.78 is 12.3. The van der Waals surface area contributed by atoms with Crippen LogP contribution in [0.5, 0.6) is 17.2 Å². The molecule has 8 bridgehead atoms. The second-order valence-corrected chi connectivity index (χ2v) is 11.2. The van der Waals surface area contributed by atoms with Crippen LogP contribution in [-0.4, -0.2) is 48.0 Å². The summed E-state index contributed by atoms with van der Waals surface area (Å²) in [5.74, 6) is 2.17. The predicted octanol–water partition coefficient (Wildman–Crippen LogP) is 4.83. The molecule has 1 unspecified atom stereocenters. The molecule has 8 rings (SSSR count). The summed E-state index contributed by atoms with van der Waals surface area (Å²) in [4.78, 5) is 39.5. The van der Waals surface area contributed by atoms with Crippen LogP contribution in [0.4, 0.5) is 0 Å². The van der Waals surface area contributed by atoms with Gasteiger partial charge in [-0.1, -0.05) is 30.3 Å². The van der Waals surface area contributed by atoms with Gasteiger partial charge in [0.05, 0.1) is 12.6 Å². The second-order valence-electron chi connectivity index (χ2n) is 11.2. The minimum atomic E-state index is -0.283. The van der Waals surface area contributed by atoms with E-state index in [4.69, 9.17) is 9.47 Å². The number of fused-ring (bicyclic) bond motifs is 1. The van der Waals surface area contributed by atoms with Crippen molar-refractivity contribution >= 4 is 23.4 Å². The molecule has 222 valence electrons. The summed E-state index contributed by atoms with van der Waals surface area (Å²) in [5, 5.41) is 7.13. The summed E-state index contributed by atoms with van der Waals surface area (Å²) in [6, 6.07) is 21.6. The molecule has 5 aliphatic rings. The third-order valence-corrected chi connectivity index (χ3v) is 8.16. The van der Waals surface area contributed by atoms with E-state index in [1.54, 1.807) is 0 Å². The Bertz CT molecular complexity index is 1530. The van der Waals surface area contributed by atoms with Crippen LogP contribution in [0.2, 0.25) is 0 Å². The molecule has 0 spiro atoms. The van der Waals surface area contributed by atoms with Gasteiger partial charge in [0.2, 0.25) is 17.7 Å². The highest BCUT2D eigenvalue weighted by Gasteiger charge is 2.32. The Morgan fingerprint density at radius 2 is 1.72 bits per heavy atom. The van der Waals surface area contributed by atoms with Gasteiger partial charge in [-0.05, 0) is 90.8 Å². The van der Waals surface area contributed by atoms with E-state index in [0.29, 0.717) is 71.1 Å². The van der Waals surface area contributed by atoms with Gasteiger partial charge in [0.15, 0.2) is 0 Å². The number of hydrogen-bond acceptors (Lipinski definition) is 6. The van der Waals surface area contributed by atoms with E-state index < -0.39 is 0 Å². The fourth-order valence-corrected chi connectivity index (χ4v) is 5.85. The number of amides is 3. The fraction of sp³-hybridized carbons (Fsp3) is 0.353. The quantitative estimate of drug-likeness (QED) is 0.461. The van der Waals surface area contributed by atoms with E-state index in [9.17, 15) is 14.4 Å². The lowest BCUT2D eigenvalue weighted by Gasteiger charge is -2.38. The van der Waals surface area contributed by atoms with E-state index in [1.165, 1.54) is 0 Å². The van der Waals surface area contributed by atoms with Gasteiger partial charge < -0.3 is 19.7 Å². The van der Waals surface area contributed by atoms with Gasteiger partial charge in [-0.25, -0.2) is 5.43 Å². The fourth-order valence-electron chi connectivity index (χ4n) is 5.85. The summed E-state index contributed by atoms with van der Waals surface area (Å²) in [6.07, 6.45) is 4.30. The van der Waals surface area contributed by atoms with Crippen LogP contribution in [0.3, 0.4) is 0 Å². The molecule has 0 fully saturated rings. The monoisotopic (exact) mass is 580 g/mol. The Labute approximate surface area is 251 Å². The van der Waals surface area contributed by atoms with Crippen molar-refractivity contribution in [3.63, 3.8) is 0 Å². The van der Waals surface area contributed by atoms with Gasteiger partial charge in [-0.15, -0.1) is 0 Å². The lowest BCUT2D eigenvalue weighted by atomic mass is 9.87. The molecular weight excluding hydrogens is 544 g/mol.